The van der Waals surface area contributed by atoms with E-state index in [2.05, 4.69) is 4.98 Å². The minimum atomic E-state index is -4.50. The second kappa shape index (κ2) is 7.41. The Morgan fingerprint density at radius 1 is 1.32 bits per heavy atom. The summed E-state index contributed by atoms with van der Waals surface area (Å²) in [5.74, 6) is -0.0322. The zero-order valence-corrected chi connectivity index (χ0v) is 17.0. The van der Waals surface area contributed by atoms with E-state index >= 15 is 0 Å². The number of fused-ring (bicyclic) bond motifs is 1. The first kappa shape index (κ1) is 20.9. The molecule has 1 saturated heterocycles. The van der Waals surface area contributed by atoms with Crippen LogP contribution in [0.3, 0.4) is 0 Å². The van der Waals surface area contributed by atoms with Crippen molar-refractivity contribution in [1.29, 1.82) is 5.26 Å². The fourth-order valence-electron chi connectivity index (χ4n) is 4.22. The maximum atomic E-state index is 12.8. The summed E-state index contributed by atoms with van der Waals surface area (Å²) in [6.07, 6.45) is -3.08. The van der Waals surface area contributed by atoms with E-state index in [1.165, 1.54) is 10.6 Å². The Kier molecular flexibility index (Phi) is 5.00. The van der Waals surface area contributed by atoms with Crippen molar-refractivity contribution in [1.82, 2.24) is 14.5 Å². The molecule has 0 unspecified atom stereocenters. The highest BCUT2D eigenvalue weighted by molar-refractivity contribution is 5.78. The molecule has 7 nitrogen and oxygen atoms in total. The largest absolute Gasteiger partial charge is 0.433 e. The van der Waals surface area contributed by atoms with Crippen LogP contribution in [0.15, 0.2) is 23.1 Å². The number of alkyl halides is 3. The topological polar surface area (TPSA) is 82.2 Å². The van der Waals surface area contributed by atoms with Crippen LogP contribution >= 0.6 is 0 Å². The van der Waals surface area contributed by atoms with Gasteiger partial charge in [0, 0.05) is 56.6 Å². The lowest BCUT2D eigenvalue weighted by Gasteiger charge is -2.41. The van der Waals surface area contributed by atoms with Crippen LogP contribution < -0.4 is 10.5 Å². The molecule has 2 aromatic heterocycles. The first-order valence-corrected chi connectivity index (χ1v) is 9.77. The number of halogens is 3. The van der Waals surface area contributed by atoms with Gasteiger partial charge in [-0.25, -0.2) is 0 Å². The smallest absolute Gasteiger partial charge is 0.371 e. The molecule has 10 heteroatoms. The van der Waals surface area contributed by atoms with Crippen molar-refractivity contribution >= 4 is 11.6 Å². The third-order valence-electron chi connectivity index (χ3n) is 6.07. The molecule has 1 amide bonds. The maximum absolute atomic E-state index is 12.8. The zero-order valence-electron chi connectivity index (χ0n) is 17.0. The Balaban J connectivity index is 1.39. The van der Waals surface area contributed by atoms with Crippen molar-refractivity contribution in [2.24, 2.45) is 13.0 Å². The van der Waals surface area contributed by atoms with Crippen LogP contribution in [0.4, 0.5) is 18.9 Å². The van der Waals surface area contributed by atoms with Gasteiger partial charge in [-0.1, -0.05) is 0 Å². The number of amides is 1. The third-order valence-corrected chi connectivity index (χ3v) is 6.07. The first-order chi connectivity index (χ1) is 14.6. The number of carbonyl (C=O) groups excluding carboxylic acids is 1. The van der Waals surface area contributed by atoms with Gasteiger partial charge in [-0.15, -0.1) is 0 Å². The van der Waals surface area contributed by atoms with Gasteiger partial charge in [-0.2, -0.15) is 18.4 Å². The molecule has 31 heavy (non-hydrogen) atoms. The molecule has 0 aliphatic carbocycles. The molecule has 4 heterocycles. The Hall–Kier alpha value is -3.35. The van der Waals surface area contributed by atoms with Crippen molar-refractivity contribution in [3.8, 4) is 6.07 Å². The van der Waals surface area contributed by atoms with E-state index in [1.807, 2.05) is 6.07 Å². The number of rotatable bonds is 3. The number of nitrogens with zero attached hydrogens (tertiary/aromatic N) is 5. The molecule has 162 valence electrons. The van der Waals surface area contributed by atoms with E-state index in [1.54, 1.807) is 23.8 Å². The molecule has 0 bridgehead atoms. The molecule has 2 aliphatic heterocycles. The summed E-state index contributed by atoms with van der Waals surface area (Å²) in [5, 5.41) is 9.25. The predicted molar refractivity (Wildman–Crippen MR) is 105 cm³/mol. The Morgan fingerprint density at radius 2 is 2.03 bits per heavy atom. The summed E-state index contributed by atoms with van der Waals surface area (Å²) >= 11 is 0. The van der Waals surface area contributed by atoms with Crippen LogP contribution in [0.1, 0.15) is 34.5 Å². The van der Waals surface area contributed by atoms with E-state index in [0.717, 1.165) is 23.5 Å². The second-order valence-electron chi connectivity index (χ2n) is 8.02. The van der Waals surface area contributed by atoms with E-state index in [4.69, 9.17) is 0 Å². The molecule has 1 fully saturated rings. The monoisotopic (exact) mass is 431 g/mol. The van der Waals surface area contributed by atoms with Crippen molar-refractivity contribution in [2.75, 3.05) is 18.0 Å². The van der Waals surface area contributed by atoms with Crippen LogP contribution in [-0.4, -0.2) is 33.4 Å². The fraction of sp³-hybridized carbons (Fsp3) is 0.429. The highest BCUT2D eigenvalue weighted by Crippen LogP contribution is 2.33. The van der Waals surface area contributed by atoms with Crippen LogP contribution in [0.25, 0.3) is 0 Å². The lowest BCUT2D eigenvalue weighted by molar-refractivity contribution is -0.141. The number of anilines is 1. The molecule has 2 aliphatic rings. The van der Waals surface area contributed by atoms with Gasteiger partial charge in [-0.3, -0.25) is 14.6 Å². The summed E-state index contributed by atoms with van der Waals surface area (Å²) < 4.78 is 40.0. The van der Waals surface area contributed by atoms with Gasteiger partial charge in [0.25, 0.3) is 5.56 Å². The van der Waals surface area contributed by atoms with Gasteiger partial charge in [0.2, 0.25) is 5.91 Å². The summed E-state index contributed by atoms with van der Waals surface area (Å²) in [6.45, 7) is 3.36. The third kappa shape index (κ3) is 3.65. The number of pyridine rings is 2. The summed E-state index contributed by atoms with van der Waals surface area (Å²) in [4.78, 5) is 31.9. The SMILES string of the molecule is Cc1c2c(n(C)c(=O)c1C#N)CN(C(=O)CC1CN(c3ccnc(C(F)(F)F)c3)C1)C2. The molecule has 0 aromatic carbocycles. The summed E-state index contributed by atoms with van der Waals surface area (Å²) in [5.41, 5.74) is 1.43. The molecule has 2 aromatic rings. The van der Waals surface area contributed by atoms with E-state index < -0.39 is 11.9 Å². The van der Waals surface area contributed by atoms with E-state index in [-0.39, 0.29) is 29.4 Å². The van der Waals surface area contributed by atoms with Crippen LogP contribution in [0.2, 0.25) is 0 Å². The maximum Gasteiger partial charge on any atom is 0.433 e. The van der Waals surface area contributed by atoms with Crippen molar-refractivity contribution in [3.05, 3.63) is 56.8 Å². The standard InChI is InChI=1S/C21H20F3N5O2/c1-12-15(7-25)20(31)27(2)17-11-29(10-16(12)17)19(30)5-13-8-28(9-13)14-3-4-26-18(6-14)21(22,23)24/h3-4,6,13H,5,8-11H2,1-2H3. The second-order valence-corrected chi connectivity index (χ2v) is 8.02. The predicted octanol–water partition coefficient (Wildman–Crippen LogP) is 2.35. The lowest BCUT2D eigenvalue weighted by Crippen LogP contribution is -2.48. The van der Waals surface area contributed by atoms with Crippen molar-refractivity contribution in [3.63, 3.8) is 0 Å². The summed E-state index contributed by atoms with van der Waals surface area (Å²) in [7, 11) is 1.60. The molecule has 4 rings (SSSR count). The van der Waals surface area contributed by atoms with Gasteiger partial charge < -0.3 is 14.4 Å². The molecular weight excluding hydrogens is 411 g/mol. The van der Waals surface area contributed by atoms with Gasteiger partial charge >= 0.3 is 6.18 Å². The van der Waals surface area contributed by atoms with E-state index in [0.29, 0.717) is 37.4 Å². The zero-order chi connectivity index (χ0) is 22.5. The fourth-order valence-corrected chi connectivity index (χ4v) is 4.22. The van der Waals surface area contributed by atoms with Crippen LogP contribution in [-0.2, 0) is 31.1 Å². The van der Waals surface area contributed by atoms with Crippen LogP contribution in [0, 0.1) is 24.2 Å². The molecule has 0 spiro atoms. The van der Waals surface area contributed by atoms with Gasteiger partial charge in [0.1, 0.15) is 17.3 Å². The molecular formula is C21H20F3N5O2. The molecule has 0 radical (unpaired) electrons. The molecule has 0 atom stereocenters. The summed E-state index contributed by atoms with van der Waals surface area (Å²) in [6, 6.07) is 4.49. The van der Waals surface area contributed by atoms with E-state index in [9.17, 15) is 28.0 Å². The van der Waals surface area contributed by atoms with Gasteiger partial charge in [-0.05, 0) is 30.2 Å². The van der Waals surface area contributed by atoms with Crippen molar-refractivity contribution < 1.29 is 18.0 Å². The highest BCUT2D eigenvalue weighted by atomic mass is 19.4. The number of hydrogen-bond donors (Lipinski definition) is 0. The normalized spacial score (nSPS) is 16.1. The Labute approximate surface area is 176 Å². The minimum absolute atomic E-state index is 0.0401. The minimum Gasteiger partial charge on any atom is -0.371 e. The van der Waals surface area contributed by atoms with Gasteiger partial charge in [0.15, 0.2) is 0 Å². The number of carbonyl (C=O) groups is 1. The Bertz CT molecular complexity index is 1160. The van der Waals surface area contributed by atoms with Crippen molar-refractivity contribution in [2.45, 2.75) is 32.6 Å². The van der Waals surface area contributed by atoms with Gasteiger partial charge in [0.05, 0.1) is 6.54 Å². The average Bonchev–Trinajstić information content (AvgIpc) is 3.14. The molecule has 0 N–H and O–H groups in total. The van der Waals surface area contributed by atoms with Crippen LogP contribution in [0.5, 0.6) is 0 Å². The lowest BCUT2D eigenvalue weighted by atomic mass is 9.95. The Morgan fingerprint density at radius 3 is 2.68 bits per heavy atom. The average molecular weight is 431 g/mol. The number of hydrogen-bond acceptors (Lipinski definition) is 5. The number of aromatic nitrogens is 2. The quantitative estimate of drug-likeness (QED) is 0.745. The first-order valence-electron chi connectivity index (χ1n) is 9.77. The number of nitriles is 1. The molecule has 0 saturated carbocycles. The highest BCUT2D eigenvalue weighted by Gasteiger charge is 2.36.